The predicted molar refractivity (Wildman–Crippen MR) is 106 cm³/mol. The Bertz CT molecular complexity index is 973. The molecular formula is C22H24N2O3. The van der Waals surface area contributed by atoms with Crippen molar-refractivity contribution in [2.45, 2.75) is 27.3 Å². The summed E-state index contributed by atoms with van der Waals surface area (Å²) in [6, 6.07) is 10.2. The minimum absolute atomic E-state index is 0.142. The lowest BCUT2D eigenvalue weighted by Crippen LogP contribution is -2.23. The fourth-order valence-corrected chi connectivity index (χ4v) is 3.30. The van der Waals surface area contributed by atoms with E-state index in [9.17, 15) is 4.79 Å². The van der Waals surface area contributed by atoms with E-state index in [1.165, 1.54) is 6.92 Å². The maximum absolute atomic E-state index is 11.2. The molecule has 2 aliphatic rings. The average molecular weight is 364 g/mol. The maximum Gasteiger partial charge on any atom is 0.302 e. The zero-order chi connectivity index (χ0) is 19.6. The molecule has 1 aromatic carbocycles. The van der Waals surface area contributed by atoms with Gasteiger partial charge in [0.15, 0.2) is 0 Å². The summed E-state index contributed by atoms with van der Waals surface area (Å²) in [7, 11) is 1.60. The van der Waals surface area contributed by atoms with Crippen LogP contribution in [0.15, 0.2) is 60.0 Å². The molecule has 5 nitrogen and oxygen atoms in total. The third-order valence-corrected chi connectivity index (χ3v) is 4.54. The van der Waals surface area contributed by atoms with E-state index in [0.717, 1.165) is 39.1 Å². The molecule has 0 bridgehead atoms. The number of pyridine rings is 1. The molecule has 1 aromatic heterocycles. The normalized spacial score (nSPS) is 14.9. The van der Waals surface area contributed by atoms with Crippen LogP contribution in [0.5, 0.6) is 0 Å². The molecule has 0 amide bonds. The van der Waals surface area contributed by atoms with Gasteiger partial charge in [0.2, 0.25) is 0 Å². The van der Waals surface area contributed by atoms with Crippen LogP contribution in [0.4, 0.5) is 0 Å². The number of rotatable bonds is 3. The Morgan fingerprint density at radius 2 is 2.04 bits per heavy atom. The smallest absolute Gasteiger partial charge is 0.302 e. The van der Waals surface area contributed by atoms with Crippen LogP contribution >= 0.6 is 0 Å². The van der Waals surface area contributed by atoms with E-state index in [1.54, 1.807) is 7.11 Å². The number of nitrogens with zero attached hydrogens (tertiary/aromatic N) is 2. The van der Waals surface area contributed by atoms with Crippen molar-refractivity contribution in [1.82, 2.24) is 9.88 Å². The summed E-state index contributed by atoms with van der Waals surface area (Å²) >= 11 is 0. The van der Waals surface area contributed by atoms with Gasteiger partial charge in [-0.3, -0.25) is 4.79 Å². The van der Waals surface area contributed by atoms with Crippen molar-refractivity contribution < 1.29 is 14.3 Å². The molecule has 0 unspecified atom stereocenters. The number of benzene rings is 1. The Morgan fingerprint density at radius 3 is 2.74 bits per heavy atom. The van der Waals surface area contributed by atoms with Crippen LogP contribution in [0.3, 0.4) is 0 Å². The monoisotopic (exact) mass is 364 g/mol. The van der Waals surface area contributed by atoms with Crippen LogP contribution in [0.25, 0.3) is 16.6 Å². The molecule has 2 aliphatic heterocycles. The van der Waals surface area contributed by atoms with Gasteiger partial charge in [-0.15, -0.1) is 0 Å². The molecule has 0 atom stereocenters. The molecule has 5 heteroatoms. The number of ether oxygens (including phenoxy) is 2. The van der Waals surface area contributed by atoms with Crippen LogP contribution in [0, 0.1) is 0 Å². The summed E-state index contributed by atoms with van der Waals surface area (Å²) < 4.78 is 10.7. The Labute approximate surface area is 159 Å². The lowest BCUT2D eigenvalue weighted by atomic mass is 10.1. The summed E-state index contributed by atoms with van der Waals surface area (Å²) in [6.07, 6.45) is 1.95. The Balaban J connectivity index is 0.00000102. The topological polar surface area (TPSA) is 51.7 Å². The molecule has 2 aromatic rings. The number of carbonyl (C=O) groups excluding carboxylic acids is 1. The van der Waals surface area contributed by atoms with E-state index in [4.69, 9.17) is 14.5 Å². The highest BCUT2D eigenvalue weighted by Gasteiger charge is 2.33. The number of methoxy groups -OCH3 is 1. The molecular weight excluding hydrogens is 340 g/mol. The van der Waals surface area contributed by atoms with Crippen molar-refractivity contribution in [3.05, 3.63) is 71.3 Å². The second-order valence-corrected chi connectivity index (χ2v) is 6.08. The van der Waals surface area contributed by atoms with Crippen LogP contribution < -0.4 is 0 Å². The number of allylic oxidation sites excluding steroid dienone is 1. The molecule has 0 saturated heterocycles. The van der Waals surface area contributed by atoms with E-state index in [-0.39, 0.29) is 12.6 Å². The molecule has 0 spiro atoms. The van der Waals surface area contributed by atoms with Gasteiger partial charge < -0.3 is 14.4 Å². The Kier molecular flexibility index (Phi) is 5.31. The number of esters is 1. The van der Waals surface area contributed by atoms with Crippen molar-refractivity contribution >= 4 is 22.6 Å². The van der Waals surface area contributed by atoms with Crippen LogP contribution in [-0.4, -0.2) is 29.6 Å². The van der Waals surface area contributed by atoms with Crippen molar-refractivity contribution in [3.63, 3.8) is 0 Å². The molecule has 0 aliphatic carbocycles. The zero-order valence-electron chi connectivity index (χ0n) is 16.2. The number of hydrogen-bond acceptors (Lipinski definition) is 5. The quantitative estimate of drug-likeness (QED) is 0.755. The third-order valence-electron chi connectivity index (χ3n) is 4.54. The summed E-state index contributed by atoms with van der Waals surface area (Å²) in [6.45, 7) is 10.4. The van der Waals surface area contributed by atoms with Crippen LogP contribution in [0.2, 0.25) is 0 Å². The van der Waals surface area contributed by atoms with Crippen molar-refractivity contribution in [2.24, 2.45) is 0 Å². The number of fused-ring (bicyclic) bond motifs is 4. The highest BCUT2D eigenvalue weighted by Crippen LogP contribution is 2.41. The molecule has 0 N–H and O–H groups in total. The first-order chi connectivity index (χ1) is 13.1. The first-order valence-corrected chi connectivity index (χ1v) is 9.06. The SMILES string of the molecule is C=C1C(COC(C)=O)=C(OC)C=C2c3nc4ccccc4cc3CN12.CC. The largest absolute Gasteiger partial charge is 0.496 e. The van der Waals surface area contributed by atoms with Gasteiger partial charge in [-0.25, -0.2) is 4.98 Å². The standard InChI is InChI=1S/C20H18N2O3.C2H6/c1-12-16(11-25-13(2)23)19(24-3)9-18-20-15(10-22(12)18)8-14-6-4-5-7-17(14)21-20;1-2/h4-9H,1,10-11H2,2-3H3;1-2H3. The Hall–Kier alpha value is -3.08. The second-order valence-electron chi connectivity index (χ2n) is 6.08. The number of aromatic nitrogens is 1. The molecule has 0 saturated carbocycles. The second kappa shape index (κ2) is 7.66. The summed E-state index contributed by atoms with van der Waals surface area (Å²) in [5, 5.41) is 1.12. The minimum atomic E-state index is -0.330. The summed E-state index contributed by atoms with van der Waals surface area (Å²) in [5.74, 6) is 0.323. The van der Waals surface area contributed by atoms with Gasteiger partial charge in [0.1, 0.15) is 12.4 Å². The minimum Gasteiger partial charge on any atom is -0.496 e. The lowest BCUT2D eigenvalue weighted by Gasteiger charge is -2.29. The van der Waals surface area contributed by atoms with Gasteiger partial charge in [-0.1, -0.05) is 38.6 Å². The first-order valence-electron chi connectivity index (χ1n) is 9.06. The van der Waals surface area contributed by atoms with Crippen molar-refractivity contribution in [1.29, 1.82) is 0 Å². The van der Waals surface area contributed by atoms with Gasteiger partial charge in [-0.05, 0) is 12.1 Å². The van der Waals surface area contributed by atoms with Gasteiger partial charge in [-0.2, -0.15) is 0 Å². The first kappa shape index (κ1) is 18.7. The molecule has 3 heterocycles. The Morgan fingerprint density at radius 1 is 1.30 bits per heavy atom. The van der Waals surface area contributed by atoms with Gasteiger partial charge >= 0.3 is 5.97 Å². The molecule has 0 radical (unpaired) electrons. The fourth-order valence-electron chi connectivity index (χ4n) is 3.30. The molecule has 4 rings (SSSR count). The average Bonchev–Trinajstić information content (AvgIpc) is 3.04. The number of carbonyl (C=O) groups is 1. The highest BCUT2D eigenvalue weighted by molar-refractivity contribution is 5.85. The zero-order valence-corrected chi connectivity index (χ0v) is 16.2. The number of para-hydroxylation sites is 1. The van der Waals surface area contributed by atoms with Gasteiger partial charge in [0.05, 0.1) is 36.1 Å². The van der Waals surface area contributed by atoms with E-state index in [1.807, 2.05) is 38.1 Å². The highest BCUT2D eigenvalue weighted by atomic mass is 16.5. The summed E-state index contributed by atoms with van der Waals surface area (Å²) in [5.41, 5.74) is 5.57. The maximum atomic E-state index is 11.2. The summed E-state index contributed by atoms with van der Waals surface area (Å²) in [4.78, 5) is 18.1. The lowest BCUT2D eigenvalue weighted by molar-refractivity contribution is -0.140. The van der Waals surface area contributed by atoms with E-state index in [2.05, 4.69) is 23.6 Å². The van der Waals surface area contributed by atoms with Crippen LogP contribution in [0.1, 0.15) is 32.0 Å². The van der Waals surface area contributed by atoms with Gasteiger partial charge in [0, 0.05) is 29.6 Å². The van der Waals surface area contributed by atoms with Gasteiger partial charge in [0.25, 0.3) is 0 Å². The van der Waals surface area contributed by atoms with E-state index >= 15 is 0 Å². The van der Waals surface area contributed by atoms with E-state index in [0.29, 0.717) is 12.3 Å². The predicted octanol–water partition coefficient (Wildman–Crippen LogP) is 4.41. The van der Waals surface area contributed by atoms with Crippen LogP contribution in [-0.2, 0) is 20.8 Å². The molecule has 27 heavy (non-hydrogen) atoms. The van der Waals surface area contributed by atoms with E-state index < -0.39 is 0 Å². The number of hydrogen-bond donors (Lipinski definition) is 0. The third kappa shape index (κ3) is 3.33. The molecule has 140 valence electrons. The van der Waals surface area contributed by atoms with Crippen molar-refractivity contribution in [3.8, 4) is 0 Å². The fraction of sp³-hybridized carbons (Fsp3) is 0.273. The molecule has 0 fully saturated rings. The van der Waals surface area contributed by atoms with Crippen molar-refractivity contribution in [2.75, 3.05) is 13.7 Å².